The van der Waals surface area contributed by atoms with E-state index in [1.54, 1.807) is 30.3 Å². The maximum Gasteiger partial charge on any atom is 0.337 e. The van der Waals surface area contributed by atoms with E-state index in [9.17, 15) is 9.59 Å². The number of benzene rings is 3. The molecule has 0 aliphatic heterocycles. The summed E-state index contributed by atoms with van der Waals surface area (Å²) in [6.45, 7) is 0.321. The van der Waals surface area contributed by atoms with Gasteiger partial charge in [0.2, 0.25) is 0 Å². The van der Waals surface area contributed by atoms with Crippen molar-refractivity contribution in [3.8, 4) is 5.75 Å². The molecule has 0 aromatic heterocycles. The highest BCUT2D eigenvalue weighted by Gasteiger charge is 2.13. The van der Waals surface area contributed by atoms with Crippen LogP contribution in [0.25, 0.3) is 0 Å². The zero-order valence-corrected chi connectivity index (χ0v) is 17.0. The van der Waals surface area contributed by atoms with Crippen molar-refractivity contribution in [1.29, 1.82) is 0 Å². The molecule has 5 nitrogen and oxygen atoms in total. The monoisotopic (exact) mass is 429 g/mol. The molecule has 0 unspecified atom stereocenters. The summed E-state index contributed by atoms with van der Waals surface area (Å²) in [4.78, 5) is 24.2. The lowest BCUT2D eigenvalue weighted by molar-refractivity contribution is 0.0600. The van der Waals surface area contributed by atoms with Gasteiger partial charge in [-0.2, -0.15) is 0 Å². The van der Waals surface area contributed by atoms with Crippen LogP contribution in [0, 0.1) is 0 Å². The highest BCUT2D eigenvalue weighted by atomic mass is 35.5. The molecule has 3 aromatic rings. The molecule has 0 aliphatic rings. The van der Waals surface area contributed by atoms with Crippen LogP contribution < -0.4 is 10.1 Å². The molecule has 148 valence electrons. The number of amides is 1. The summed E-state index contributed by atoms with van der Waals surface area (Å²) in [5.74, 6) is -0.282. The fourth-order valence-corrected chi connectivity index (χ4v) is 2.89. The van der Waals surface area contributed by atoms with Crippen LogP contribution in [0.3, 0.4) is 0 Å². The zero-order valence-electron chi connectivity index (χ0n) is 15.4. The average molecular weight is 430 g/mol. The number of esters is 1. The van der Waals surface area contributed by atoms with Crippen molar-refractivity contribution in [2.75, 3.05) is 12.4 Å². The molecule has 0 saturated carbocycles. The molecule has 29 heavy (non-hydrogen) atoms. The SMILES string of the molecule is COC(=O)c1ccc(Cl)c(NC(=O)c2ccc(OCc3ccccc3Cl)cc2)c1. The minimum absolute atomic E-state index is 0.288. The Morgan fingerprint density at radius 2 is 1.59 bits per heavy atom. The first-order valence-corrected chi connectivity index (χ1v) is 9.39. The Hall–Kier alpha value is -3.02. The lowest BCUT2D eigenvalue weighted by Crippen LogP contribution is -2.13. The molecule has 3 aromatic carbocycles. The molecule has 0 fully saturated rings. The van der Waals surface area contributed by atoms with Crippen molar-refractivity contribution in [2.45, 2.75) is 6.61 Å². The number of carbonyl (C=O) groups excluding carboxylic acids is 2. The highest BCUT2D eigenvalue weighted by molar-refractivity contribution is 6.34. The summed E-state index contributed by atoms with van der Waals surface area (Å²) in [5, 5.41) is 3.64. The van der Waals surface area contributed by atoms with Crippen molar-refractivity contribution in [3.05, 3.63) is 93.5 Å². The van der Waals surface area contributed by atoms with E-state index in [0.29, 0.717) is 33.7 Å². The van der Waals surface area contributed by atoms with Crippen molar-refractivity contribution < 1.29 is 19.1 Å². The smallest absolute Gasteiger partial charge is 0.337 e. The first-order valence-electron chi connectivity index (χ1n) is 8.63. The third-order valence-corrected chi connectivity index (χ3v) is 4.80. The minimum atomic E-state index is -0.516. The topological polar surface area (TPSA) is 64.6 Å². The summed E-state index contributed by atoms with van der Waals surface area (Å²) in [5.41, 5.74) is 1.89. The number of hydrogen-bond donors (Lipinski definition) is 1. The first kappa shape index (κ1) is 20.7. The number of anilines is 1. The van der Waals surface area contributed by atoms with Crippen LogP contribution in [-0.4, -0.2) is 19.0 Å². The van der Waals surface area contributed by atoms with Gasteiger partial charge in [0.05, 0.1) is 23.4 Å². The molecule has 1 N–H and O–H groups in total. The van der Waals surface area contributed by atoms with Gasteiger partial charge in [-0.1, -0.05) is 41.4 Å². The quantitative estimate of drug-likeness (QED) is 0.517. The van der Waals surface area contributed by atoms with E-state index < -0.39 is 5.97 Å². The van der Waals surface area contributed by atoms with Gasteiger partial charge in [-0.3, -0.25) is 4.79 Å². The Bertz CT molecular complexity index is 1040. The zero-order chi connectivity index (χ0) is 20.8. The number of methoxy groups -OCH3 is 1. The van der Waals surface area contributed by atoms with Crippen molar-refractivity contribution >= 4 is 40.8 Å². The maximum absolute atomic E-state index is 12.5. The molecule has 1 amide bonds. The van der Waals surface area contributed by atoms with Crippen LogP contribution in [0.4, 0.5) is 5.69 Å². The van der Waals surface area contributed by atoms with Crippen LogP contribution in [0.15, 0.2) is 66.7 Å². The van der Waals surface area contributed by atoms with Crippen LogP contribution in [0.1, 0.15) is 26.3 Å². The Labute approximate surface area is 178 Å². The van der Waals surface area contributed by atoms with E-state index in [4.69, 9.17) is 27.9 Å². The molecule has 0 saturated heterocycles. The van der Waals surface area contributed by atoms with E-state index >= 15 is 0 Å². The summed E-state index contributed by atoms with van der Waals surface area (Å²) in [6.07, 6.45) is 0. The van der Waals surface area contributed by atoms with Crippen LogP contribution in [0.2, 0.25) is 10.0 Å². The molecule has 7 heteroatoms. The Balaban J connectivity index is 1.66. The van der Waals surface area contributed by atoms with Gasteiger partial charge in [-0.05, 0) is 48.5 Å². The molecule has 0 bridgehead atoms. The molecule has 0 heterocycles. The van der Waals surface area contributed by atoms with Crippen LogP contribution >= 0.6 is 23.2 Å². The van der Waals surface area contributed by atoms with Gasteiger partial charge >= 0.3 is 5.97 Å². The second kappa shape index (κ2) is 9.45. The number of ether oxygens (including phenoxy) is 2. The standard InChI is InChI=1S/C22H17Cl2NO4/c1-28-22(27)15-8-11-19(24)20(12-15)25-21(26)14-6-9-17(10-7-14)29-13-16-4-2-3-5-18(16)23/h2-12H,13H2,1H3,(H,25,26). The van der Waals surface area contributed by atoms with Crippen molar-refractivity contribution in [3.63, 3.8) is 0 Å². The summed E-state index contributed by atoms with van der Waals surface area (Å²) in [6, 6.07) is 18.6. The van der Waals surface area contributed by atoms with Crippen LogP contribution in [0.5, 0.6) is 5.75 Å². The highest BCUT2D eigenvalue weighted by Crippen LogP contribution is 2.25. The van der Waals surface area contributed by atoms with Crippen molar-refractivity contribution in [2.24, 2.45) is 0 Å². The van der Waals surface area contributed by atoms with Gasteiger partial charge in [0.25, 0.3) is 5.91 Å². The lowest BCUT2D eigenvalue weighted by atomic mass is 10.1. The third-order valence-electron chi connectivity index (χ3n) is 4.10. The Morgan fingerprint density at radius 1 is 0.897 bits per heavy atom. The average Bonchev–Trinajstić information content (AvgIpc) is 2.74. The predicted octanol–water partition coefficient (Wildman–Crippen LogP) is 5.61. The molecule has 3 rings (SSSR count). The molecule has 0 atom stereocenters. The maximum atomic E-state index is 12.5. The summed E-state index contributed by atoms with van der Waals surface area (Å²) in [7, 11) is 1.28. The number of rotatable bonds is 6. The Morgan fingerprint density at radius 3 is 2.28 bits per heavy atom. The van der Waals surface area contributed by atoms with Gasteiger partial charge in [0, 0.05) is 16.1 Å². The normalized spacial score (nSPS) is 10.3. The van der Waals surface area contributed by atoms with Gasteiger partial charge in [0.15, 0.2) is 0 Å². The minimum Gasteiger partial charge on any atom is -0.489 e. The fourth-order valence-electron chi connectivity index (χ4n) is 2.54. The molecule has 0 aliphatic carbocycles. The third kappa shape index (κ3) is 5.28. The summed E-state index contributed by atoms with van der Waals surface area (Å²) < 4.78 is 10.4. The first-order chi connectivity index (χ1) is 14.0. The van der Waals surface area contributed by atoms with E-state index in [1.165, 1.54) is 25.3 Å². The largest absolute Gasteiger partial charge is 0.489 e. The van der Waals surface area contributed by atoms with Gasteiger partial charge in [0.1, 0.15) is 12.4 Å². The molecule has 0 radical (unpaired) electrons. The molecular formula is C22H17Cl2NO4. The van der Waals surface area contributed by atoms with E-state index in [0.717, 1.165) is 5.56 Å². The van der Waals surface area contributed by atoms with Gasteiger partial charge < -0.3 is 14.8 Å². The van der Waals surface area contributed by atoms with E-state index in [1.807, 2.05) is 18.2 Å². The number of nitrogens with one attached hydrogen (secondary N) is 1. The van der Waals surface area contributed by atoms with Gasteiger partial charge in [-0.25, -0.2) is 4.79 Å². The van der Waals surface area contributed by atoms with Crippen molar-refractivity contribution in [1.82, 2.24) is 0 Å². The van der Waals surface area contributed by atoms with E-state index in [-0.39, 0.29) is 11.5 Å². The lowest BCUT2D eigenvalue weighted by Gasteiger charge is -2.10. The van der Waals surface area contributed by atoms with Crippen LogP contribution in [-0.2, 0) is 11.3 Å². The van der Waals surface area contributed by atoms with Gasteiger partial charge in [-0.15, -0.1) is 0 Å². The fraction of sp³-hybridized carbons (Fsp3) is 0.0909. The predicted molar refractivity (Wildman–Crippen MR) is 113 cm³/mol. The second-order valence-corrected chi connectivity index (χ2v) is 6.86. The second-order valence-electron chi connectivity index (χ2n) is 6.04. The Kier molecular flexibility index (Phi) is 6.75. The summed E-state index contributed by atoms with van der Waals surface area (Å²) >= 11 is 12.2. The number of halogens is 2. The molecular weight excluding hydrogens is 413 g/mol. The number of hydrogen-bond acceptors (Lipinski definition) is 4. The van der Waals surface area contributed by atoms with E-state index in [2.05, 4.69) is 10.1 Å². The molecule has 0 spiro atoms. The number of carbonyl (C=O) groups is 2.